The Morgan fingerprint density at radius 3 is 2.88 bits per heavy atom. The van der Waals surface area contributed by atoms with Gasteiger partial charge in [-0.05, 0) is 31.0 Å². The highest BCUT2D eigenvalue weighted by Gasteiger charge is 2.02. The number of hydrogen-bond acceptors (Lipinski definition) is 3. The summed E-state index contributed by atoms with van der Waals surface area (Å²) < 4.78 is 0. The summed E-state index contributed by atoms with van der Waals surface area (Å²) in [7, 11) is 0. The molecule has 1 aromatic carbocycles. The van der Waals surface area contributed by atoms with Crippen molar-refractivity contribution in [2.75, 3.05) is 11.9 Å². The fourth-order valence-corrected chi connectivity index (χ4v) is 1.56. The summed E-state index contributed by atoms with van der Waals surface area (Å²) in [6, 6.07) is 7.11. The zero-order chi connectivity index (χ0) is 12.7. The highest BCUT2D eigenvalue weighted by Crippen LogP contribution is 2.19. The molecule has 1 rings (SSSR count). The first-order valence-corrected chi connectivity index (χ1v) is 5.66. The van der Waals surface area contributed by atoms with Gasteiger partial charge in [-0.25, -0.2) is 0 Å². The number of hydrogen-bond donors (Lipinski definition) is 2. The lowest BCUT2D eigenvalue weighted by molar-refractivity contribution is -0.137. The minimum absolute atomic E-state index is 0.174. The summed E-state index contributed by atoms with van der Waals surface area (Å²) in [5, 5.41) is 21.0. The van der Waals surface area contributed by atoms with E-state index in [1.54, 1.807) is 18.2 Å². The van der Waals surface area contributed by atoms with Gasteiger partial charge in [0.05, 0.1) is 11.3 Å². The number of carbonyl (C=O) groups is 1. The monoisotopic (exact) mass is 252 g/mol. The summed E-state index contributed by atoms with van der Waals surface area (Å²) in [6.45, 7) is 0.642. The third-order valence-electron chi connectivity index (χ3n) is 2.23. The average molecular weight is 253 g/mol. The minimum atomic E-state index is -0.783. The number of anilines is 1. The van der Waals surface area contributed by atoms with Crippen LogP contribution in [-0.2, 0) is 4.79 Å². The van der Waals surface area contributed by atoms with Gasteiger partial charge in [0.25, 0.3) is 0 Å². The van der Waals surface area contributed by atoms with Crippen molar-refractivity contribution < 1.29 is 9.90 Å². The van der Waals surface area contributed by atoms with Gasteiger partial charge in [-0.15, -0.1) is 0 Å². The number of benzene rings is 1. The fraction of sp³-hybridized carbons (Fsp3) is 0.333. The third kappa shape index (κ3) is 4.75. The smallest absolute Gasteiger partial charge is 0.303 e. The molecule has 2 N–H and O–H groups in total. The van der Waals surface area contributed by atoms with E-state index in [0.29, 0.717) is 23.6 Å². The Morgan fingerprint density at radius 1 is 1.47 bits per heavy atom. The molecule has 0 saturated carbocycles. The van der Waals surface area contributed by atoms with Gasteiger partial charge in [0.15, 0.2) is 0 Å². The Hall–Kier alpha value is -1.73. The number of carboxylic acid groups (broad SMARTS) is 1. The molecule has 0 aliphatic heterocycles. The second kappa shape index (κ2) is 6.77. The number of halogens is 1. The van der Waals surface area contributed by atoms with Crippen molar-refractivity contribution in [3.05, 3.63) is 28.8 Å². The molecule has 90 valence electrons. The van der Waals surface area contributed by atoms with Crippen molar-refractivity contribution >= 4 is 23.3 Å². The van der Waals surface area contributed by atoms with Gasteiger partial charge in [0, 0.05) is 18.0 Å². The largest absolute Gasteiger partial charge is 0.481 e. The van der Waals surface area contributed by atoms with Crippen LogP contribution < -0.4 is 5.32 Å². The van der Waals surface area contributed by atoms with E-state index >= 15 is 0 Å². The van der Waals surface area contributed by atoms with Crippen molar-refractivity contribution in [3.8, 4) is 6.07 Å². The normalized spacial score (nSPS) is 9.65. The third-order valence-corrected chi connectivity index (χ3v) is 2.47. The maximum Gasteiger partial charge on any atom is 0.303 e. The molecule has 0 unspecified atom stereocenters. The number of carboxylic acids is 1. The number of rotatable bonds is 6. The van der Waals surface area contributed by atoms with Crippen LogP contribution in [0, 0.1) is 11.3 Å². The molecule has 0 aliphatic carbocycles. The van der Waals surface area contributed by atoms with E-state index in [1.165, 1.54) is 0 Å². The maximum absolute atomic E-state index is 10.3. The minimum Gasteiger partial charge on any atom is -0.481 e. The molecule has 0 atom stereocenters. The van der Waals surface area contributed by atoms with Crippen LogP contribution in [0.5, 0.6) is 0 Å². The van der Waals surface area contributed by atoms with Crippen LogP contribution >= 0.6 is 11.6 Å². The summed E-state index contributed by atoms with van der Waals surface area (Å²) in [4.78, 5) is 10.3. The highest BCUT2D eigenvalue weighted by atomic mass is 35.5. The standard InChI is InChI=1S/C12H13ClN2O2/c13-10-4-5-11(9(7-10)8-14)15-6-2-1-3-12(16)17/h4-5,7,15H,1-3,6H2,(H,16,17). The SMILES string of the molecule is N#Cc1cc(Cl)ccc1NCCCCC(=O)O. The molecule has 0 heterocycles. The van der Waals surface area contributed by atoms with E-state index < -0.39 is 5.97 Å². The molecule has 0 aromatic heterocycles. The van der Waals surface area contributed by atoms with Gasteiger partial charge < -0.3 is 10.4 Å². The second-order valence-corrected chi connectivity index (χ2v) is 4.02. The zero-order valence-corrected chi connectivity index (χ0v) is 10.00. The molecule has 0 amide bonds. The van der Waals surface area contributed by atoms with Crippen molar-refractivity contribution in [2.45, 2.75) is 19.3 Å². The zero-order valence-electron chi connectivity index (χ0n) is 9.24. The van der Waals surface area contributed by atoms with Gasteiger partial charge in [0.1, 0.15) is 6.07 Å². The van der Waals surface area contributed by atoms with Crippen LogP contribution in [0.4, 0.5) is 5.69 Å². The van der Waals surface area contributed by atoms with E-state index in [1.807, 2.05) is 0 Å². The predicted octanol–water partition coefficient (Wildman–Crippen LogP) is 2.88. The second-order valence-electron chi connectivity index (χ2n) is 3.58. The molecule has 1 aromatic rings. The summed E-state index contributed by atoms with van der Waals surface area (Å²) in [5.41, 5.74) is 1.22. The Labute approximate surface area is 105 Å². The van der Waals surface area contributed by atoms with Crippen molar-refractivity contribution in [2.24, 2.45) is 0 Å². The molecule has 0 bridgehead atoms. The number of nitrogens with zero attached hydrogens (tertiary/aromatic N) is 1. The van der Waals surface area contributed by atoms with Crippen LogP contribution in [0.2, 0.25) is 5.02 Å². The number of aliphatic carboxylic acids is 1. The van der Waals surface area contributed by atoms with Gasteiger partial charge in [-0.3, -0.25) is 4.79 Å². The van der Waals surface area contributed by atoms with E-state index in [9.17, 15) is 4.79 Å². The first-order chi connectivity index (χ1) is 8.13. The first kappa shape index (κ1) is 13.3. The number of nitriles is 1. The Kier molecular flexibility index (Phi) is 5.31. The lowest BCUT2D eigenvalue weighted by Crippen LogP contribution is -2.04. The number of nitrogens with one attached hydrogen (secondary N) is 1. The molecular formula is C12H13ClN2O2. The predicted molar refractivity (Wildman–Crippen MR) is 66.1 cm³/mol. The van der Waals surface area contributed by atoms with Crippen LogP contribution in [0.1, 0.15) is 24.8 Å². The highest BCUT2D eigenvalue weighted by molar-refractivity contribution is 6.30. The van der Waals surface area contributed by atoms with Gasteiger partial charge >= 0.3 is 5.97 Å². The quantitative estimate of drug-likeness (QED) is 0.764. The Balaban J connectivity index is 2.42. The van der Waals surface area contributed by atoms with E-state index in [0.717, 1.165) is 12.1 Å². The molecule has 0 fully saturated rings. The topological polar surface area (TPSA) is 73.1 Å². The van der Waals surface area contributed by atoms with Gasteiger partial charge in [0.2, 0.25) is 0 Å². The maximum atomic E-state index is 10.3. The lowest BCUT2D eigenvalue weighted by Gasteiger charge is -2.07. The molecule has 4 nitrogen and oxygen atoms in total. The molecular weight excluding hydrogens is 240 g/mol. The van der Waals surface area contributed by atoms with Crippen molar-refractivity contribution in [3.63, 3.8) is 0 Å². The summed E-state index contributed by atoms with van der Waals surface area (Å²) >= 11 is 5.77. The van der Waals surface area contributed by atoms with E-state index in [-0.39, 0.29) is 6.42 Å². The van der Waals surface area contributed by atoms with E-state index in [4.69, 9.17) is 22.0 Å². The molecule has 0 saturated heterocycles. The fourth-order valence-electron chi connectivity index (χ4n) is 1.39. The Bertz CT molecular complexity index is 441. The van der Waals surface area contributed by atoms with Crippen LogP contribution in [-0.4, -0.2) is 17.6 Å². The van der Waals surface area contributed by atoms with Crippen LogP contribution in [0.25, 0.3) is 0 Å². The Morgan fingerprint density at radius 2 is 2.24 bits per heavy atom. The molecule has 0 radical (unpaired) electrons. The van der Waals surface area contributed by atoms with Gasteiger partial charge in [-0.1, -0.05) is 11.6 Å². The van der Waals surface area contributed by atoms with E-state index in [2.05, 4.69) is 11.4 Å². The summed E-state index contributed by atoms with van der Waals surface area (Å²) in [6.07, 6.45) is 1.55. The van der Waals surface area contributed by atoms with Gasteiger partial charge in [-0.2, -0.15) is 5.26 Å². The summed E-state index contributed by atoms with van der Waals surface area (Å²) in [5.74, 6) is -0.783. The van der Waals surface area contributed by atoms with Crippen molar-refractivity contribution in [1.29, 1.82) is 5.26 Å². The average Bonchev–Trinajstić information content (AvgIpc) is 2.29. The van der Waals surface area contributed by atoms with Crippen molar-refractivity contribution in [1.82, 2.24) is 0 Å². The first-order valence-electron chi connectivity index (χ1n) is 5.29. The number of unbranched alkanes of at least 4 members (excludes halogenated alkanes) is 1. The lowest BCUT2D eigenvalue weighted by atomic mass is 10.2. The van der Waals surface area contributed by atoms with Crippen LogP contribution in [0.3, 0.4) is 0 Å². The van der Waals surface area contributed by atoms with Crippen LogP contribution in [0.15, 0.2) is 18.2 Å². The molecule has 0 spiro atoms. The molecule has 17 heavy (non-hydrogen) atoms. The molecule has 5 heteroatoms. The molecule has 0 aliphatic rings.